The molecule has 0 aromatic heterocycles. The summed E-state index contributed by atoms with van der Waals surface area (Å²) in [4.78, 5) is 0. The molecule has 0 spiro atoms. The van der Waals surface area contributed by atoms with E-state index < -0.39 is 92.4 Å². The summed E-state index contributed by atoms with van der Waals surface area (Å²) >= 11 is 0. The number of aromatic hydroxyl groups is 2. The molecule has 2 aliphatic heterocycles. The smallest absolute Gasteiger partial charge is 0.186 e. The molecule has 268 valence electrons. The summed E-state index contributed by atoms with van der Waals surface area (Å²) in [5.74, 6) is -1.61. The highest BCUT2D eigenvalue weighted by atomic mass is 16.7. The van der Waals surface area contributed by atoms with E-state index in [1.54, 1.807) is 24.3 Å². The number of hydrogen-bond donors (Lipinski definition) is 10. The zero-order valence-corrected chi connectivity index (χ0v) is 26.3. The van der Waals surface area contributed by atoms with Crippen molar-refractivity contribution in [1.82, 2.24) is 0 Å². The van der Waals surface area contributed by atoms with Crippen LogP contribution in [0.2, 0.25) is 0 Å². The van der Waals surface area contributed by atoms with Gasteiger partial charge in [-0.3, -0.25) is 0 Å². The van der Waals surface area contributed by atoms with E-state index in [4.69, 9.17) is 28.4 Å². The molecule has 2 fully saturated rings. The normalized spacial score (nSPS) is 36.8. The summed E-state index contributed by atoms with van der Waals surface area (Å²) in [6, 6.07) is 7.95. The monoisotopic (exact) mass is 684 g/mol. The highest BCUT2D eigenvalue weighted by Gasteiger charge is 2.47. The Bertz CT molecular complexity index is 1370. The second-order valence-electron chi connectivity index (χ2n) is 12.3. The molecule has 1 aliphatic carbocycles. The maximum Gasteiger partial charge on any atom is 0.186 e. The molecule has 2 heterocycles. The van der Waals surface area contributed by atoms with E-state index in [2.05, 4.69) is 0 Å². The molecule has 0 radical (unpaired) electrons. The number of phenols is 2. The van der Waals surface area contributed by atoms with E-state index in [0.717, 1.165) is 5.56 Å². The minimum Gasteiger partial charge on any atom is -0.504 e. The molecule has 2 aromatic rings. The van der Waals surface area contributed by atoms with Gasteiger partial charge in [-0.25, -0.2) is 0 Å². The highest BCUT2D eigenvalue weighted by molar-refractivity contribution is 5.53. The van der Waals surface area contributed by atoms with Crippen molar-refractivity contribution in [3.63, 3.8) is 0 Å². The Kier molecular flexibility index (Phi) is 11.7. The van der Waals surface area contributed by atoms with Gasteiger partial charge in [0.25, 0.3) is 0 Å². The van der Waals surface area contributed by atoms with Crippen LogP contribution in [0.1, 0.15) is 22.6 Å². The number of methoxy groups -OCH3 is 2. The van der Waals surface area contributed by atoms with Crippen LogP contribution in [0.25, 0.3) is 0 Å². The lowest BCUT2D eigenvalue weighted by molar-refractivity contribution is -0.309. The van der Waals surface area contributed by atoms with Gasteiger partial charge in [0.2, 0.25) is 0 Å². The Hall–Kier alpha value is -2.84. The molecule has 0 bridgehead atoms. The average molecular weight is 685 g/mol. The van der Waals surface area contributed by atoms with Crippen molar-refractivity contribution >= 4 is 0 Å². The lowest BCUT2D eigenvalue weighted by Crippen LogP contribution is -2.59. The quantitative estimate of drug-likeness (QED) is 0.119. The molecule has 0 saturated carbocycles. The molecular formula is C32H44O16. The Morgan fingerprint density at radius 1 is 0.667 bits per heavy atom. The first kappa shape index (κ1) is 36.4. The number of aliphatic hydroxyl groups excluding tert-OH is 8. The molecule has 16 heteroatoms. The van der Waals surface area contributed by atoms with E-state index in [1.165, 1.54) is 20.3 Å². The van der Waals surface area contributed by atoms with Crippen LogP contribution in [-0.2, 0) is 25.4 Å². The van der Waals surface area contributed by atoms with Gasteiger partial charge in [-0.2, -0.15) is 0 Å². The third-order valence-corrected chi connectivity index (χ3v) is 9.48. The fraction of sp³-hybridized carbons (Fsp3) is 0.625. The summed E-state index contributed by atoms with van der Waals surface area (Å²) in [6.45, 7) is -1.63. The molecule has 48 heavy (non-hydrogen) atoms. The zero-order valence-electron chi connectivity index (χ0n) is 26.3. The number of benzene rings is 2. The van der Waals surface area contributed by atoms with Crippen molar-refractivity contribution in [3.05, 3.63) is 47.0 Å². The molecule has 3 unspecified atom stereocenters. The number of aliphatic hydroxyl groups is 8. The van der Waals surface area contributed by atoms with Crippen LogP contribution in [0.3, 0.4) is 0 Å². The van der Waals surface area contributed by atoms with Gasteiger partial charge in [0.1, 0.15) is 48.8 Å². The minimum atomic E-state index is -1.68. The standard InChI is InChI=1S/C32H44O16/c1-43-20-6-13(3-4-18(20)35)24-16-8-19(36)21(44-2)7-14(16)5-15(11-45-31-29(41)27(39)25(37)22(9-33)47-31)17(24)12-46-32-30(42)28(40)26(38)23(10-34)48-32/h3-4,6-8,15,17,22-42H,5,9-12H2,1-2H3/t15?,17?,22-,23-,24?,25-,26-,27+,28+,29-,30-,31-,32-/m1/s1. The Morgan fingerprint density at radius 2 is 1.21 bits per heavy atom. The van der Waals surface area contributed by atoms with Crippen molar-refractivity contribution in [2.45, 2.75) is 73.8 Å². The van der Waals surface area contributed by atoms with Gasteiger partial charge in [-0.05, 0) is 59.2 Å². The Labute approximate surface area is 275 Å². The second kappa shape index (κ2) is 15.4. The van der Waals surface area contributed by atoms with Crippen LogP contribution >= 0.6 is 0 Å². The van der Waals surface area contributed by atoms with Crippen molar-refractivity contribution in [2.75, 3.05) is 40.6 Å². The predicted octanol–water partition coefficient (Wildman–Crippen LogP) is -2.33. The maximum atomic E-state index is 10.8. The van der Waals surface area contributed by atoms with Crippen LogP contribution < -0.4 is 9.47 Å². The molecule has 16 nitrogen and oxygen atoms in total. The number of rotatable bonds is 11. The molecular weight excluding hydrogens is 640 g/mol. The fourth-order valence-corrected chi connectivity index (χ4v) is 6.76. The van der Waals surface area contributed by atoms with Crippen LogP contribution in [-0.4, -0.2) is 153 Å². The third kappa shape index (κ3) is 7.07. The fourth-order valence-electron chi connectivity index (χ4n) is 6.76. The van der Waals surface area contributed by atoms with Gasteiger partial charge >= 0.3 is 0 Å². The van der Waals surface area contributed by atoms with E-state index in [0.29, 0.717) is 11.1 Å². The van der Waals surface area contributed by atoms with Gasteiger partial charge in [-0.1, -0.05) is 6.07 Å². The first-order valence-electron chi connectivity index (χ1n) is 15.5. The molecule has 10 N–H and O–H groups in total. The molecule has 5 rings (SSSR count). The van der Waals surface area contributed by atoms with Gasteiger partial charge in [0.05, 0.1) is 40.6 Å². The lowest BCUT2D eigenvalue weighted by atomic mass is 9.66. The van der Waals surface area contributed by atoms with Crippen LogP contribution in [0, 0.1) is 11.8 Å². The Morgan fingerprint density at radius 3 is 1.75 bits per heavy atom. The summed E-state index contributed by atoms with van der Waals surface area (Å²) < 4.78 is 33.9. The largest absolute Gasteiger partial charge is 0.504 e. The van der Waals surface area contributed by atoms with Crippen molar-refractivity contribution < 1.29 is 79.5 Å². The molecule has 13 atom stereocenters. The number of phenolic OH excluding ortho intramolecular Hbond substituents is 2. The maximum absolute atomic E-state index is 10.8. The third-order valence-electron chi connectivity index (χ3n) is 9.48. The Balaban J connectivity index is 1.53. The molecule has 2 saturated heterocycles. The molecule has 0 amide bonds. The minimum absolute atomic E-state index is 0.119. The van der Waals surface area contributed by atoms with Crippen LogP contribution in [0.4, 0.5) is 0 Å². The topological polar surface area (TPSA) is 258 Å². The molecule has 3 aliphatic rings. The first-order chi connectivity index (χ1) is 22.9. The number of hydrogen-bond acceptors (Lipinski definition) is 16. The number of ether oxygens (including phenoxy) is 6. The van der Waals surface area contributed by atoms with Crippen molar-refractivity contribution in [2.24, 2.45) is 11.8 Å². The van der Waals surface area contributed by atoms with Crippen LogP contribution in [0.15, 0.2) is 30.3 Å². The van der Waals surface area contributed by atoms with E-state index in [9.17, 15) is 51.1 Å². The second-order valence-corrected chi connectivity index (χ2v) is 12.3. The number of fused-ring (bicyclic) bond motifs is 1. The van der Waals surface area contributed by atoms with Gasteiger partial charge in [-0.15, -0.1) is 0 Å². The van der Waals surface area contributed by atoms with Gasteiger partial charge in [0, 0.05) is 5.92 Å². The molecule has 2 aromatic carbocycles. The van der Waals surface area contributed by atoms with Crippen molar-refractivity contribution in [3.8, 4) is 23.0 Å². The van der Waals surface area contributed by atoms with Gasteiger partial charge in [0.15, 0.2) is 35.6 Å². The lowest BCUT2D eigenvalue weighted by Gasteiger charge is -2.44. The summed E-state index contributed by atoms with van der Waals surface area (Å²) in [6.07, 6.45) is -14.9. The predicted molar refractivity (Wildman–Crippen MR) is 161 cm³/mol. The highest BCUT2D eigenvalue weighted by Crippen LogP contribution is 2.49. The van der Waals surface area contributed by atoms with E-state index in [-0.39, 0.29) is 42.6 Å². The summed E-state index contributed by atoms with van der Waals surface area (Å²) in [5, 5.41) is 103. The SMILES string of the molecule is COc1cc(C2c3cc(O)c(OC)cc3CC(CO[C@@H]3O[C@H](CO)[C@@H](O)[C@H](O)[C@H]3O)C2CO[C@@H]2O[C@H](CO)[C@@H](O)[C@H](O)[C@H]2O)ccc1O. The van der Waals surface area contributed by atoms with E-state index in [1.807, 2.05) is 0 Å². The average Bonchev–Trinajstić information content (AvgIpc) is 3.09. The summed E-state index contributed by atoms with van der Waals surface area (Å²) in [7, 11) is 2.80. The summed E-state index contributed by atoms with van der Waals surface area (Å²) in [5.41, 5.74) is 2.02. The first-order valence-corrected chi connectivity index (χ1v) is 15.5. The zero-order chi connectivity index (χ0) is 34.9. The van der Waals surface area contributed by atoms with Crippen LogP contribution in [0.5, 0.6) is 23.0 Å². The van der Waals surface area contributed by atoms with E-state index >= 15 is 0 Å². The van der Waals surface area contributed by atoms with Gasteiger partial charge < -0.3 is 79.5 Å². The van der Waals surface area contributed by atoms with Crippen molar-refractivity contribution in [1.29, 1.82) is 0 Å².